The maximum absolute atomic E-state index is 11.8. The number of nitrogens with zero attached hydrogens (tertiary/aromatic N) is 2. The van der Waals surface area contributed by atoms with Gasteiger partial charge in [-0.05, 0) is 30.7 Å². The first kappa shape index (κ1) is 15.8. The summed E-state index contributed by atoms with van der Waals surface area (Å²) in [6, 6.07) is 7.43. The Morgan fingerprint density at radius 3 is 2.45 bits per heavy atom. The molecule has 0 aliphatic rings. The highest BCUT2D eigenvalue weighted by Crippen LogP contribution is 2.17. The molecule has 2 rings (SSSR count). The smallest absolute Gasteiger partial charge is 0.254 e. The number of unbranched alkanes of at least 4 members (excludes halogenated alkanes) is 1. The molecule has 0 spiro atoms. The van der Waals surface area contributed by atoms with E-state index in [-0.39, 0.29) is 5.91 Å². The van der Waals surface area contributed by atoms with Crippen LogP contribution in [0.5, 0.6) is 5.75 Å². The molecule has 1 aromatic carbocycles. The van der Waals surface area contributed by atoms with Gasteiger partial charge in [-0.3, -0.25) is 4.79 Å². The molecule has 0 saturated carbocycles. The third-order valence-electron chi connectivity index (χ3n) is 3.08. The first-order valence-corrected chi connectivity index (χ1v) is 7.24. The van der Waals surface area contributed by atoms with Gasteiger partial charge in [0.2, 0.25) is 5.95 Å². The molecular weight excluding hydrogens is 280 g/mol. The Hall–Kier alpha value is -2.63. The molecule has 2 aromatic rings. The fourth-order valence-electron chi connectivity index (χ4n) is 1.79. The van der Waals surface area contributed by atoms with E-state index in [0.717, 1.165) is 24.3 Å². The number of carbonyl (C=O) groups excluding carboxylic acids is 1. The maximum atomic E-state index is 11.8. The lowest BCUT2D eigenvalue weighted by Crippen LogP contribution is -2.24. The molecule has 1 aromatic heterocycles. The molecular formula is C16H20N4O2. The molecule has 0 unspecified atom stereocenters. The van der Waals surface area contributed by atoms with Gasteiger partial charge in [-0.25, -0.2) is 9.97 Å². The van der Waals surface area contributed by atoms with E-state index in [1.165, 1.54) is 12.4 Å². The summed E-state index contributed by atoms with van der Waals surface area (Å²) in [6.07, 6.45) is 5.03. The number of ether oxygens (including phenoxy) is 1. The van der Waals surface area contributed by atoms with Crippen LogP contribution in [0.25, 0.3) is 0 Å². The molecule has 1 heterocycles. The van der Waals surface area contributed by atoms with Crippen molar-refractivity contribution in [1.29, 1.82) is 0 Å². The van der Waals surface area contributed by atoms with Gasteiger partial charge >= 0.3 is 0 Å². The first-order chi connectivity index (χ1) is 10.7. The van der Waals surface area contributed by atoms with Crippen molar-refractivity contribution in [2.24, 2.45) is 0 Å². The van der Waals surface area contributed by atoms with Crippen LogP contribution < -0.4 is 15.4 Å². The third-order valence-corrected chi connectivity index (χ3v) is 3.08. The molecule has 6 nitrogen and oxygen atoms in total. The van der Waals surface area contributed by atoms with Crippen LogP contribution in [0.15, 0.2) is 36.7 Å². The van der Waals surface area contributed by atoms with Crippen molar-refractivity contribution >= 4 is 17.5 Å². The van der Waals surface area contributed by atoms with Crippen molar-refractivity contribution in [3.8, 4) is 5.75 Å². The molecule has 0 aliphatic carbocycles. The number of methoxy groups -OCH3 is 1. The quantitative estimate of drug-likeness (QED) is 0.769. The third kappa shape index (κ3) is 4.44. The van der Waals surface area contributed by atoms with Crippen LogP contribution in [0.4, 0.5) is 11.6 Å². The van der Waals surface area contributed by atoms with E-state index in [0.29, 0.717) is 18.1 Å². The van der Waals surface area contributed by atoms with E-state index >= 15 is 0 Å². The predicted octanol–water partition coefficient (Wildman–Crippen LogP) is 2.76. The number of amides is 1. The monoisotopic (exact) mass is 300 g/mol. The number of benzene rings is 1. The normalized spacial score (nSPS) is 10.1. The highest BCUT2D eigenvalue weighted by molar-refractivity contribution is 5.93. The van der Waals surface area contributed by atoms with Gasteiger partial charge in [-0.15, -0.1) is 0 Å². The molecule has 0 aliphatic heterocycles. The lowest BCUT2D eigenvalue weighted by Gasteiger charge is -2.07. The highest BCUT2D eigenvalue weighted by atomic mass is 16.5. The number of nitrogens with one attached hydrogen (secondary N) is 2. The molecule has 0 saturated heterocycles. The number of hydrogen-bond donors (Lipinski definition) is 2. The average molecular weight is 300 g/mol. The second-order valence-electron chi connectivity index (χ2n) is 4.76. The van der Waals surface area contributed by atoms with Gasteiger partial charge < -0.3 is 15.4 Å². The first-order valence-electron chi connectivity index (χ1n) is 7.24. The summed E-state index contributed by atoms with van der Waals surface area (Å²) in [4.78, 5) is 20.1. The Kier molecular flexibility index (Phi) is 5.71. The molecule has 0 bridgehead atoms. The van der Waals surface area contributed by atoms with Gasteiger partial charge in [0.25, 0.3) is 5.91 Å². The number of hydrogen-bond acceptors (Lipinski definition) is 5. The largest absolute Gasteiger partial charge is 0.497 e. The average Bonchev–Trinajstić information content (AvgIpc) is 2.56. The molecule has 0 radical (unpaired) electrons. The minimum atomic E-state index is -0.149. The van der Waals surface area contributed by atoms with Crippen LogP contribution in [0.2, 0.25) is 0 Å². The molecule has 0 atom stereocenters. The number of rotatable bonds is 7. The summed E-state index contributed by atoms with van der Waals surface area (Å²) in [6.45, 7) is 2.75. The van der Waals surface area contributed by atoms with Crippen molar-refractivity contribution in [3.05, 3.63) is 42.2 Å². The SMILES string of the molecule is CCCCNC(=O)c1cnc(Nc2ccc(OC)cc2)nc1. The Morgan fingerprint density at radius 2 is 1.86 bits per heavy atom. The Labute approximate surface area is 129 Å². The molecule has 116 valence electrons. The van der Waals surface area contributed by atoms with E-state index in [9.17, 15) is 4.79 Å². The van der Waals surface area contributed by atoms with Crippen LogP contribution in [0.3, 0.4) is 0 Å². The van der Waals surface area contributed by atoms with Gasteiger partial charge in [-0.2, -0.15) is 0 Å². The topological polar surface area (TPSA) is 76.1 Å². The zero-order valence-corrected chi connectivity index (χ0v) is 12.8. The number of carbonyl (C=O) groups is 1. The van der Waals surface area contributed by atoms with Crippen LogP contribution in [0.1, 0.15) is 30.1 Å². The van der Waals surface area contributed by atoms with Gasteiger partial charge in [-0.1, -0.05) is 13.3 Å². The number of anilines is 2. The van der Waals surface area contributed by atoms with Crippen molar-refractivity contribution in [1.82, 2.24) is 15.3 Å². The fourth-order valence-corrected chi connectivity index (χ4v) is 1.79. The standard InChI is InChI=1S/C16H20N4O2/c1-3-4-9-17-15(21)12-10-18-16(19-11-12)20-13-5-7-14(22-2)8-6-13/h5-8,10-11H,3-4,9H2,1-2H3,(H,17,21)(H,18,19,20). The van der Waals surface area contributed by atoms with Crippen LogP contribution in [-0.4, -0.2) is 29.5 Å². The van der Waals surface area contributed by atoms with E-state index in [1.54, 1.807) is 7.11 Å². The van der Waals surface area contributed by atoms with E-state index < -0.39 is 0 Å². The fraction of sp³-hybridized carbons (Fsp3) is 0.312. The zero-order valence-electron chi connectivity index (χ0n) is 12.8. The summed E-state index contributed by atoms with van der Waals surface area (Å²) in [5.74, 6) is 1.07. The van der Waals surface area contributed by atoms with Gasteiger partial charge in [0.1, 0.15) is 5.75 Å². The van der Waals surface area contributed by atoms with E-state index in [2.05, 4.69) is 27.5 Å². The van der Waals surface area contributed by atoms with Crippen molar-refractivity contribution in [3.63, 3.8) is 0 Å². The van der Waals surface area contributed by atoms with E-state index in [1.807, 2.05) is 24.3 Å². The molecule has 1 amide bonds. The van der Waals surface area contributed by atoms with Crippen molar-refractivity contribution < 1.29 is 9.53 Å². The summed E-state index contributed by atoms with van der Waals surface area (Å²) in [5.41, 5.74) is 1.30. The second kappa shape index (κ2) is 7.97. The molecule has 0 fully saturated rings. The van der Waals surface area contributed by atoms with Crippen molar-refractivity contribution in [2.75, 3.05) is 19.0 Å². The lowest BCUT2D eigenvalue weighted by atomic mass is 10.3. The number of aromatic nitrogens is 2. The minimum Gasteiger partial charge on any atom is -0.497 e. The van der Waals surface area contributed by atoms with E-state index in [4.69, 9.17) is 4.74 Å². The summed E-state index contributed by atoms with van der Waals surface area (Å²) in [5, 5.41) is 5.89. The molecule has 2 N–H and O–H groups in total. The maximum Gasteiger partial charge on any atom is 0.254 e. The van der Waals surface area contributed by atoms with Crippen LogP contribution >= 0.6 is 0 Å². The Morgan fingerprint density at radius 1 is 1.18 bits per heavy atom. The van der Waals surface area contributed by atoms with Gasteiger partial charge in [0, 0.05) is 24.6 Å². The van der Waals surface area contributed by atoms with Crippen LogP contribution in [0, 0.1) is 0 Å². The second-order valence-corrected chi connectivity index (χ2v) is 4.76. The summed E-state index contributed by atoms with van der Waals surface area (Å²) < 4.78 is 5.10. The highest BCUT2D eigenvalue weighted by Gasteiger charge is 2.06. The van der Waals surface area contributed by atoms with Crippen molar-refractivity contribution in [2.45, 2.75) is 19.8 Å². The minimum absolute atomic E-state index is 0.149. The zero-order chi connectivity index (χ0) is 15.8. The Balaban J connectivity index is 1.94. The predicted molar refractivity (Wildman–Crippen MR) is 85.5 cm³/mol. The van der Waals surface area contributed by atoms with Gasteiger partial charge in [0.05, 0.1) is 12.7 Å². The lowest BCUT2D eigenvalue weighted by molar-refractivity contribution is 0.0952. The summed E-state index contributed by atoms with van der Waals surface area (Å²) in [7, 11) is 1.62. The molecule has 6 heteroatoms. The Bertz CT molecular complexity index is 597. The van der Waals surface area contributed by atoms with Gasteiger partial charge in [0.15, 0.2) is 0 Å². The van der Waals surface area contributed by atoms with Crippen LogP contribution in [-0.2, 0) is 0 Å². The summed E-state index contributed by atoms with van der Waals surface area (Å²) >= 11 is 0. The molecule has 22 heavy (non-hydrogen) atoms.